The van der Waals surface area contributed by atoms with Crippen molar-refractivity contribution < 1.29 is 4.79 Å². The van der Waals surface area contributed by atoms with Crippen molar-refractivity contribution in [3.8, 4) is 0 Å². The molecule has 2 aliphatic rings. The largest absolute Gasteiger partial charge is 0.356 e. The highest BCUT2D eigenvalue weighted by Crippen LogP contribution is 2.17. The highest BCUT2D eigenvalue weighted by Gasteiger charge is 2.25. The maximum Gasteiger partial charge on any atom is 0.237 e. The van der Waals surface area contributed by atoms with Gasteiger partial charge in [-0.15, -0.1) is 24.8 Å². The molecular formula is C16H26Cl2N4O. The molecule has 2 aliphatic heterocycles. The van der Waals surface area contributed by atoms with Gasteiger partial charge in [0.2, 0.25) is 5.91 Å². The number of aromatic nitrogens is 1. The number of amides is 1. The van der Waals surface area contributed by atoms with Crippen LogP contribution in [0.1, 0.15) is 32.1 Å². The fraction of sp³-hybridized carbons (Fsp3) is 0.625. The Bertz CT molecular complexity index is 460. The third-order valence-electron chi connectivity index (χ3n) is 4.44. The van der Waals surface area contributed by atoms with Crippen LogP contribution < -0.4 is 15.5 Å². The lowest BCUT2D eigenvalue weighted by Crippen LogP contribution is -2.52. The monoisotopic (exact) mass is 360 g/mol. The summed E-state index contributed by atoms with van der Waals surface area (Å²) in [6.07, 6.45) is 7.13. The van der Waals surface area contributed by atoms with Crippen molar-refractivity contribution in [2.45, 2.75) is 44.2 Å². The molecule has 2 fully saturated rings. The van der Waals surface area contributed by atoms with E-state index in [9.17, 15) is 4.79 Å². The number of hydrogen-bond acceptors (Lipinski definition) is 4. The number of nitrogens with zero attached hydrogens (tertiary/aromatic N) is 2. The number of piperidine rings is 2. The zero-order valence-electron chi connectivity index (χ0n) is 13.2. The molecule has 0 spiro atoms. The summed E-state index contributed by atoms with van der Waals surface area (Å²) in [6, 6.07) is 6.33. The van der Waals surface area contributed by atoms with E-state index in [-0.39, 0.29) is 36.8 Å². The zero-order valence-corrected chi connectivity index (χ0v) is 14.9. The van der Waals surface area contributed by atoms with Crippen molar-refractivity contribution in [1.82, 2.24) is 15.6 Å². The zero-order chi connectivity index (χ0) is 14.5. The summed E-state index contributed by atoms with van der Waals surface area (Å²) in [5.41, 5.74) is 0. The van der Waals surface area contributed by atoms with Gasteiger partial charge >= 0.3 is 0 Å². The lowest BCUT2D eigenvalue weighted by Gasteiger charge is -2.34. The molecule has 0 aromatic carbocycles. The molecule has 0 aliphatic carbocycles. The smallest absolute Gasteiger partial charge is 0.237 e. The SMILES string of the molecule is Cl.Cl.O=C(NC1CCN(c2ccccn2)CC1)C1CCCCN1. The molecule has 1 aromatic rings. The van der Waals surface area contributed by atoms with Crippen molar-refractivity contribution >= 4 is 36.5 Å². The molecule has 23 heavy (non-hydrogen) atoms. The number of rotatable bonds is 3. The topological polar surface area (TPSA) is 57.3 Å². The highest BCUT2D eigenvalue weighted by atomic mass is 35.5. The lowest BCUT2D eigenvalue weighted by atomic mass is 10.0. The van der Waals surface area contributed by atoms with Gasteiger partial charge in [-0.25, -0.2) is 4.98 Å². The van der Waals surface area contributed by atoms with Crippen molar-refractivity contribution in [2.75, 3.05) is 24.5 Å². The summed E-state index contributed by atoms with van der Waals surface area (Å²) in [7, 11) is 0. The summed E-state index contributed by atoms with van der Waals surface area (Å²) >= 11 is 0. The predicted octanol–water partition coefficient (Wildman–Crippen LogP) is 2.15. The summed E-state index contributed by atoms with van der Waals surface area (Å²) in [5, 5.41) is 6.52. The second-order valence-corrected chi connectivity index (χ2v) is 5.96. The van der Waals surface area contributed by atoms with Gasteiger partial charge in [0.25, 0.3) is 0 Å². The van der Waals surface area contributed by atoms with Gasteiger partial charge in [-0.1, -0.05) is 12.5 Å². The Morgan fingerprint density at radius 3 is 2.57 bits per heavy atom. The summed E-state index contributed by atoms with van der Waals surface area (Å²) in [4.78, 5) is 18.9. The van der Waals surface area contributed by atoms with E-state index >= 15 is 0 Å². The first kappa shape index (κ1) is 20.0. The molecule has 0 radical (unpaired) electrons. The Hall–Kier alpha value is -1.04. The Kier molecular flexibility index (Phi) is 8.66. The number of hydrogen-bond donors (Lipinski definition) is 2. The van der Waals surface area contributed by atoms with Crippen LogP contribution in [0, 0.1) is 0 Å². The number of carbonyl (C=O) groups is 1. The molecular weight excluding hydrogens is 335 g/mol. The quantitative estimate of drug-likeness (QED) is 0.866. The van der Waals surface area contributed by atoms with Gasteiger partial charge in [0.05, 0.1) is 6.04 Å². The van der Waals surface area contributed by atoms with E-state index in [4.69, 9.17) is 0 Å². The number of carbonyl (C=O) groups excluding carboxylic acids is 1. The minimum absolute atomic E-state index is 0. The fourth-order valence-corrected chi connectivity index (χ4v) is 3.17. The molecule has 7 heteroatoms. The van der Waals surface area contributed by atoms with Crippen LogP contribution in [-0.4, -0.2) is 42.6 Å². The molecule has 2 N–H and O–H groups in total. The molecule has 1 unspecified atom stereocenters. The Morgan fingerprint density at radius 1 is 1.17 bits per heavy atom. The van der Waals surface area contributed by atoms with Gasteiger partial charge in [0.15, 0.2) is 0 Å². The van der Waals surface area contributed by atoms with Gasteiger partial charge in [-0.3, -0.25) is 4.79 Å². The molecule has 1 atom stereocenters. The predicted molar refractivity (Wildman–Crippen MR) is 97.8 cm³/mol. The van der Waals surface area contributed by atoms with E-state index in [0.29, 0.717) is 6.04 Å². The van der Waals surface area contributed by atoms with Crippen LogP contribution in [0.3, 0.4) is 0 Å². The van der Waals surface area contributed by atoms with Gasteiger partial charge in [-0.05, 0) is 44.4 Å². The van der Waals surface area contributed by atoms with Gasteiger partial charge < -0.3 is 15.5 Å². The van der Waals surface area contributed by atoms with Gasteiger partial charge in [0, 0.05) is 25.3 Å². The first-order chi connectivity index (χ1) is 10.3. The number of halogens is 2. The lowest BCUT2D eigenvalue weighted by molar-refractivity contribution is -0.124. The van der Waals surface area contributed by atoms with E-state index in [0.717, 1.165) is 51.1 Å². The molecule has 0 saturated carbocycles. The Morgan fingerprint density at radius 2 is 1.96 bits per heavy atom. The maximum absolute atomic E-state index is 12.2. The summed E-state index contributed by atoms with van der Waals surface area (Å²) < 4.78 is 0. The average molecular weight is 361 g/mol. The average Bonchev–Trinajstić information content (AvgIpc) is 2.57. The molecule has 1 aromatic heterocycles. The first-order valence-electron chi connectivity index (χ1n) is 8.02. The summed E-state index contributed by atoms with van der Waals surface area (Å²) in [5.74, 6) is 1.22. The summed E-state index contributed by atoms with van der Waals surface area (Å²) in [6.45, 7) is 2.89. The van der Waals surface area contributed by atoms with Crippen molar-refractivity contribution in [3.05, 3.63) is 24.4 Å². The normalized spacial score (nSPS) is 21.7. The van der Waals surface area contributed by atoms with Crippen LogP contribution in [0.5, 0.6) is 0 Å². The molecule has 2 saturated heterocycles. The third-order valence-corrected chi connectivity index (χ3v) is 4.44. The minimum atomic E-state index is 0. The minimum Gasteiger partial charge on any atom is -0.356 e. The van der Waals surface area contributed by atoms with E-state index in [1.165, 1.54) is 6.42 Å². The molecule has 130 valence electrons. The molecule has 1 amide bonds. The van der Waals surface area contributed by atoms with E-state index in [1.54, 1.807) is 0 Å². The van der Waals surface area contributed by atoms with Crippen LogP contribution in [0.4, 0.5) is 5.82 Å². The van der Waals surface area contributed by atoms with E-state index in [2.05, 4.69) is 20.5 Å². The fourth-order valence-electron chi connectivity index (χ4n) is 3.17. The highest BCUT2D eigenvalue weighted by molar-refractivity contribution is 5.85. The van der Waals surface area contributed by atoms with Crippen LogP contribution in [0.15, 0.2) is 24.4 Å². The van der Waals surface area contributed by atoms with Gasteiger partial charge in [-0.2, -0.15) is 0 Å². The number of nitrogens with one attached hydrogen (secondary N) is 2. The van der Waals surface area contributed by atoms with E-state index < -0.39 is 0 Å². The molecule has 5 nitrogen and oxygen atoms in total. The van der Waals surface area contributed by atoms with Gasteiger partial charge in [0.1, 0.15) is 5.82 Å². The van der Waals surface area contributed by atoms with Crippen molar-refractivity contribution in [2.24, 2.45) is 0 Å². The standard InChI is InChI=1S/C16H24N4O.2ClH/c21-16(14-5-1-3-9-17-14)19-13-7-11-20(12-8-13)15-6-2-4-10-18-15;;/h2,4,6,10,13-14,17H,1,3,5,7-9,11-12H2,(H,19,21);2*1H. The molecule has 0 bridgehead atoms. The van der Waals surface area contributed by atoms with Crippen LogP contribution in [0.2, 0.25) is 0 Å². The van der Waals surface area contributed by atoms with Crippen molar-refractivity contribution in [1.29, 1.82) is 0 Å². The Labute approximate surface area is 150 Å². The molecule has 3 rings (SSSR count). The second kappa shape index (κ2) is 9.96. The first-order valence-corrected chi connectivity index (χ1v) is 8.02. The van der Waals surface area contributed by atoms with Crippen LogP contribution in [-0.2, 0) is 4.79 Å². The maximum atomic E-state index is 12.2. The van der Waals surface area contributed by atoms with Crippen LogP contribution in [0.25, 0.3) is 0 Å². The second-order valence-electron chi connectivity index (χ2n) is 5.96. The Balaban J connectivity index is 0.00000132. The van der Waals surface area contributed by atoms with Crippen molar-refractivity contribution in [3.63, 3.8) is 0 Å². The number of pyridine rings is 1. The van der Waals surface area contributed by atoms with Crippen LogP contribution >= 0.6 is 24.8 Å². The molecule has 3 heterocycles. The van der Waals surface area contributed by atoms with E-state index in [1.807, 2.05) is 24.4 Å². The number of anilines is 1. The third kappa shape index (κ3) is 5.52.